The minimum Gasteiger partial charge on any atom is -0.409 e. The molecule has 0 radical (unpaired) electrons. The van der Waals surface area contributed by atoms with Crippen molar-refractivity contribution in [1.29, 1.82) is 0 Å². The maximum atomic E-state index is 8.73. The molecule has 2 rings (SSSR count). The molecule has 1 aromatic heterocycles. The molecule has 0 saturated carbocycles. The van der Waals surface area contributed by atoms with Crippen LogP contribution in [0.25, 0.3) is 11.3 Å². The van der Waals surface area contributed by atoms with Crippen molar-refractivity contribution in [3.8, 4) is 17.1 Å². The Bertz CT molecular complexity index is 462. The summed E-state index contributed by atoms with van der Waals surface area (Å²) in [5.74, 6) is 0.206. The standard InChI is InChI=1S/C11H10NO3P/c13-16(14)15-11-8-4-7-10(12-11)9-5-2-1-3-6-9/h1-8,13-14H. The molecule has 4 nitrogen and oxygen atoms in total. The molecule has 1 aromatic carbocycles. The van der Waals surface area contributed by atoms with Crippen molar-refractivity contribution in [2.45, 2.75) is 0 Å². The fraction of sp³-hybridized carbons (Fsp3) is 0. The quantitative estimate of drug-likeness (QED) is 0.801. The predicted octanol–water partition coefficient (Wildman–Crippen LogP) is 2.34. The number of hydrogen-bond donors (Lipinski definition) is 2. The van der Waals surface area contributed by atoms with Gasteiger partial charge in [0.1, 0.15) is 0 Å². The maximum Gasteiger partial charge on any atom is 0.392 e. The Kier molecular flexibility index (Phi) is 3.47. The Morgan fingerprint density at radius 1 is 0.938 bits per heavy atom. The number of nitrogens with zero attached hydrogens (tertiary/aromatic N) is 1. The molecule has 16 heavy (non-hydrogen) atoms. The lowest BCUT2D eigenvalue weighted by atomic mass is 10.1. The van der Waals surface area contributed by atoms with E-state index in [1.54, 1.807) is 12.1 Å². The summed E-state index contributed by atoms with van der Waals surface area (Å²) in [6.07, 6.45) is 0. The van der Waals surface area contributed by atoms with Crippen LogP contribution in [-0.4, -0.2) is 14.8 Å². The van der Waals surface area contributed by atoms with Gasteiger partial charge >= 0.3 is 8.60 Å². The molecule has 0 aliphatic heterocycles. The summed E-state index contributed by atoms with van der Waals surface area (Å²) in [6, 6.07) is 14.8. The fourth-order valence-electron chi connectivity index (χ4n) is 1.32. The summed E-state index contributed by atoms with van der Waals surface area (Å²) < 4.78 is 4.74. The van der Waals surface area contributed by atoms with E-state index >= 15 is 0 Å². The van der Waals surface area contributed by atoms with Gasteiger partial charge in [-0.15, -0.1) is 0 Å². The smallest absolute Gasteiger partial charge is 0.392 e. The van der Waals surface area contributed by atoms with E-state index in [2.05, 4.69) is 4.98 Å². The van der Waals surface area contributed by atoms with Crippen molar-refractivity contribution in [2.24, 2.45) is 0 Å². The lowest BCUT2D eigenvalue weighted by Crippen LogP contribution is -1.90. The van der Waals surface area contributed by atoms with Crippen LogP contribution in [0.3, 0.4) is 0 Å². The minimum atomic E-state index is -2.42. The zero-order chi connectivity index (χ0) is 11.4. The Balaban J connectivity index is 2.29. The first-order valence-corrected chi connectivity index (χ1v) is 5.80. The highest BCUT2D eigenvalue weighted by Crippen LogP contribution is 2.28. The van der Waals surface area contributed by atoms with E-state index in [9.17, 15) is 0 Å². The van der Waals surface area contributed by atoms with Crippen molar-refractivity contribution in [2.75, 3.05) is 0 Å². The van der Waals surface area contributed by atoms with Gasteiger partial charge in [-0.2, -0.15) is 0 Å². The van der Waals surface area contributed by atoms with Crippen molar-refractivity contribution in [1.82, 2.24) is 4.98 Å². The number of rotatable bonds is 3. The first-order valence-electron chi connectivity index (χ1n) is 4.64. The first-order chi connectivity index (χ1) is 7.75. The highest BCUT2D eigenvalue weighted by atomic mass is 31.2. The van der Waals surface area contributed by atoms with Crippen molar-refractivity contribution in [3.63, 3.8) is 0 Å². The third-order valence-corrected chi connectivity index (χ3v) is 2.32. The van der Waals surface area contributed by atoms with Gasteiger partial charge in [-0.05, 0) is 6.07 Å². The lowest BCUT2D eigenvalue weighted by Gasteiger charge is -2.06. The third kappa shape index (κ3) is 2.76. The van der Waals surface area contributed by atoms with Crippen LogP contribution in [0.15, 0.2) is 48.5 Å². The minimum absolute atomic E-state index is 0.206. The largest absolute Gasteiger partial charge is 0.409 e. The fourth-order valence-corrected chi connectivity index (χ4v) is 1.59. The Morgan fingerprint density at radius 2 is 1.69 bits per heavy atom. The molecular weight excluding hydrogens is 225 g/mol. The van der Waals surface area contributed by atoms with Crippen molar-refractivity contribution < 1.29 is 14.3 Å². The zero-order valence-corrected chi connectivity index (χ0v) is 9.21. The third-order valence-electron chi connectivity index (χ3n) is 1.97. The summed E-state index contributed by atoms with van der Waals surface area (Å²) in [5.41, 5.74) is 1.68. The van der Waals surface area contributed by atoms with Gasteiger partial charge in [0.25, 0.3) is 0 Å². The van der Waals surface area contributed by atoms with Crippen LogP contribution in [0.1, 0.15) is 0 Å². The molecular formula is C11H10NO3P. The monoisotopic (exact) mass is 235 g/mol. The SMILES string of the molecule is OP(O)Oc1cccc(-c2ccccc2)n1. The molecule has 0 atom stereocenters. The van der Waals surface area contributed by atoms with Gasteiger partial charge < -0.3 is 14.3 Å². The van der Waals surface area contributed by atoms with E-state index in [4.69, 9.17) is 14.3 Å². The Hall–Kier alpha value is -1.48. The van der Waals surface area contributed by atoms with Gasteiger partial charge in [0.15, 0.2) is 0 Å². The van der Waals surface area contributed by atoms with Crippen LogP contribution < -0.4 is 4.52 Å². The normalized spacial score (nSPS) is 10.4. The number of aromatic nitrogens is 1. The summed E-state index contributed by atoms with van der Waals surface area (Å²) in [6.45, 7) is 0. The van der Waals surface area contributed by atoms with Gasteiger partial charge in [0.2, 0.25) is 5.88 Å². The molecule has 0 unspecified atom stereocenters. The Morgan fingerprint density at radius 3 is 2.38 bits per heavy atom. The summed E-state index contributed by atoms with van der Waals surface area (Å²) in [7, 11) is -2.42. The topological polar surface area (TPSA) is 62.6 Å². The van der Waals surface area contributed by atoms with Crippen LogP contribution in [0.5, 0.6) is 5.88 Å². The molecule has 5 heteroatoms. The summed E-state index contributed by atoms with van der Waals surface area (Å²) >= 11 is 0. The van der Waals surface area contributed by atoms with E-state index in [0.717, 1.165) is 11.3 Å². The van der Waals surface area contributed by atoms with Crippen molar-refractivity contribution >= 4 is 8.60 Å². The predicted molar refractivity (Wildman–Crippen MR) is 61.7 cm³/mol. The highest BCUT2D eigenvalue weighted by Gasteiger charge is 2.05. The molecule has 0 amide bonds. The second kappa shape index (κ2) is 5.03. The molecule has 0 bridgehead atoms. The van der Waals surface area contributed by atoms with Crippen LogP contribution in [0.2, 0.25) is 0 Å². The molecule has 0 saturated heterocycles. The Labute approximate surface area is 94.2 Å². The molecule has 0 aliphatic rings. The van der Waals surface area contributed by atoms with Crippen LogP contribution in [-0.2, 0) is 0 Å². The molecule has 2 aromatic rings. The average molecular weight is 235 g/mol. The van der Waals surface area contributed by atoms with Crippen LogP contribution in [0.4, 0.5) is 0 Å². The molecule has 2 N–H and O–H groups in total. The van der Waals surface area contributed by atoms with Gasteiger partial charge in [0, 0.05) is 11.6 Å². The van der Waals surface area contributed by atoms with Crippen LogP contribution >= 0.6 is 8.60 Å². The lowest BCUT2D eigenvalue weighted by molar-refractivity contribution is 0.369. The van der Waals surface area contributed by atoms with Gasteiger partial charge in [-0.1, -0.05) is 36.4 Å². The van der Waals surface area contributed by atoms with Crippen molar-refractivity contribution in [3.05, 3.63) is 48.5 Å². The number of hydrogen-bond acceptors (Lipinski definition) is 4. The van der Waals surface area contributed by atoms with E-state index in [0.29, 0.717) is 0 Å². The molecule has 0 aliphatic carbocycles. The molecule has 0 spiro atoms. The van der Waals surface area contributed by atoms with E-state index in [1.807, 2.05) is 36.4 Å². The van der Waals surface area contributed by atoms with Gasteiger partial charge in [-0.3, -0.25) is 0 Å². The number of pyridine rings is 1. The van der Waals surface area contributed by atoms with E-state index in [-0.39, 0.29) is 5.88 Å². The van der Waals surface area contributed by atoms with E-state index < -0.39 is 8.60 Å². The maximum absolute atomic E-state index is 8.73. The van der Waals surface area contributed by atoms with Crippen LogP contribution in [0, 0.1) is 0 Å². The summed E-state index contributed by atoms with van der Waals surface area (Å²) in [4.78, 5) is 21.6. The zero-order valence-electron chi connectivity index (χ0n) is 8.32. The summed E-state index contributed by atoms with van der Waals surface area (Å²) in [5, 5.41) is 0. The highest BCUT2D eigenvalue weighted by molar-refractivity contribution is 7.39. The second-order valence-electron chi connectivity index (χ2n) is 3.07. The average Bonchev–Trinajstić information content (AvgIpc) is 2.30. The van der Waals surface area contributed by atoms with Gasteiger partial charge in [0.05, 0.1) is 5.69 Å². The molecule has 0 fully saturated rings. The second-order valence-corrected chi connectivity index (χ2v) is 3.76. The number of benzene rings is 1. The molecule has 1 heterocycles. The van der Waals surface area contributed by atoms with Gasteiger partial charge in [-0.25, -0.2) is 4.98 Å². The first kappa shape index (κ1) is 11.0. The van der Waals surface area contributed by atoms with E-state index in [1.165, 1.54) is 0 Å². The molecule has 82 valence electrons.